The van der Waals surface area contributed by atoms with Gasteiger partial charge in [-0.3, -0.25) is 14.5 Å². The van der Waals surface area contributed by atoms with E-state index in [9.17, 15) is 14.4 Å². The summed E-state index contributed by atoms with van der Waals surface area (Å²) >= 11 is 14.1. The van der Waals surface area contributed by atoms with Gasteiger partial charge in [0.05, 0.1) is 5.69 Å². The minimum Gasteiger partial charge on any atom is -0.306 e. The van der Waals surface area contributed by atoms with Crippen LogP contribution in [0.1, 0.15) is 24.8 Å². The molecule has 28 heavy (non-hydrogen) atoms. The van der Waals surface area contributed by atoms with Crippen molar-refractivity contribution in [3.63, 3.8) is 0 Å². The first-order chi connectivity index (χ1) is 13.4. The Bertz CT molecular complexity index is 935. The van der Waals surface area contributed by atoms with Gasteiger partial charge < -0.3 is 5.32 Å². The maximum absolute atomic E-state index is 12.7. The van der Waals surface area contributed by atoms with E-state index in [1.165, 1.54) is 0 Å². The highest BCUT2D eigenvalue weighted by Gasteiger charge is 2.39. The van der Waals surface area contributed by atoms with E-state index in [4.69, 9.17) is 23.2 Å². The van der Waals surface area contributed by atoms with Crippen molar-refractivity contribution in [1.29, 1.82) is 0 Å². The van der Waals surface area contributed by atoms with Crippen molar-refractivity contribution in [3.05, 3.63) is 61.6 Å². The summed E-state index contributed by atoms with van der Waals surface area (Å²) in [7, 11) is 0. The molecule has 1 heterocycles. The third kappa shape index (κ3) is 4.85. The fourth-order valence-corrected chi connectivity index (χ4v) is 4.16. The summed E-state index contributed by atoms with van der Waals surface area (Å²) in [6.07, 6.45) is 1.13. The van der Waals surface area contributed by atoms with Gasteiger partial charge in [-0.2, -0.15) is 0 Å². The molecule has 2 aromatic rings. The molecule has 0 spiro atoms. The molecule has 3 amide bonds. The molecule has 1 aliphatic heterocycles. The lowest BCUT2D eigenvalue weighted by molar-refractivity contribution is -0.131. The topological polar surface area (TPSA) is 66.5 Å². The van der Waals surface area contributed by atoms with Crippen molar-refractivity contribution < 1.29 is 14.4 Å². The molecule has 8 heteroatoms. The third-order valence-electron chi connectivity index (χ3n) is 4.57. The number of Topliss-reactive ketones (excluding diaryl/α,β-unsaturated/α-hetero) is 1. The Morgan fingerprint density at radius 3 is 2.64 bits per heavy atom. The molecule has 1 fully saturated rings. The Balaban J connectivity index is 1.68. The molecule has 0 aliphatic carbocycles. The van der Waals surface area contributed by atoms with E-state index in [0.29, 0.717) is 28.6 Å². The SMILES string of the molecule is O=C(CCc1ccc(Cl)cc1Cl)[C@@H]1CCC(=O)N1C(=O)Nc1ccccc1I. The number of carbonyl (C=O) groups excluding carboxylic acids is 3. The van der Waals surface area contributed by atoms with Crippen LogP contribution in [0.4, 0.5) is 10.5 Å². The average molecular weight is 531 g/mol. The highest BCUT2D eigenvalue weighted by Crippen LogP contribution is 2.26. The maximum atomic E-state index is 12.7. The van der Waals surface area contributed by atoms with Crippen LogP contribution in [0.2, 0.25) is 10.0 Å². The fourth-order valence-electron chi connectivity index (χ4n) is 3.13. The first-order valence-electron chi connectivity index (χ1n) is 8.71. The van der Waals surface area contributed by atoms with Crippen molar-refractivity contribution >= 4 is 69.2 Å². The van der Waals surface area contributed by atoms with Crippen LogP contribution < -0.4 is 5.32 Å². The molecule has 1 atom stereocenters. The number of rotatable bonds is 5. The first-order valence-corrected chi connectivity index (χ1v) is 10.5. The zero-order chi connectivity index (χ0) is 20.3. The molecule has 5 nitrogen and oxygen atoms in total. The highest BCUT2D eigenvalue weighted by atomic mass is 127. The number of amides is 3. The zero-order valence-corrected chi connectivity index (χ0v) is 18.4. The van der Waals surface area contributed by atoms with Gasteiger partial charge in [-0.1, -0.05) is 41.4 Å². The number of nitrogens with one attached hydrogen (secondary N) is 1. The van der Waals surface area contributed by atoms with Gasteiger partial charge in [0.2, 0.25) is 5.91 Å². The lowest BCUT2D eigenvalue weighted by atomic mass is 10.0. The number of aryl methyl sites for hydroxylation is 1. The van der Waals surface area contributed by atoms with Crippen molar-refractivity contribution in [2.75, 3.05) is 5.32 Å². The Labute approximate surface area is 186 Å². The summed E-state index contributed by atoms with van der Waals surface area (Å²) in [6, 6.07) is 11.0. The minimum atomic E-state index is -0.750. The fraction of sp³-hybridized carbons (Fsp3) is 0.250. The number of halogens is 3. The summed E-state index contributed by atoms with van der Waals surface area (Å²) in [5.74, 6) is -0.499. The van der Waals surface area contributed by atoms with Gasteiger partial charge in [0.25, 0.3) is 0 Å². The number of imide groups is 1. The van der Waals surface area contributed by atoms with Crippen LogP contribution in [0.25, 0.3) is 0 Å². The number of anilines is 1. The van der Waals surface area contributed by atoms with Crippen LogP contribution in [0.3, 0.4) is 0 Å². The average Bonchev–Trinajstić information content (AvgIpc) is 3.04. The Morgan fingerprint density at radius 1 is 1.18 bits per heavy atom. The minimum absolute atomic E-state index is 0.158. The number of nitrogens with zero attached hydrogens (tertiary/aromatic N) is 1. The Kier molecular flexibility index (Phi) is 6.95. The molecular weight excluding hydrogens is 514 g/mol. The summed E-state index contributed by atoms with van der Waals surface area (Å²) in [5.41, 5.74) is 1.41. The van der Waals surface area contributed by atoms with Gasteiger partial charge in [-0.05, 0) is 65.3 Å². The molecule has 0 aromatic heterocycles. The molecule has 1 N–H and O–H groups in total. The van der Waals surface area contributed by atoms with E-state index in [2.05, 4.69) is 27.9 Å². The van der Waals surface area contributed by atoms with E-state index >= 15 is 0 Å². The normalized spacial score (nSPS) is 16.3. The number of para-hydroxylation sites is 1. The second-order valence-electron chi connectivity index (χ2n) is 6.43. The van der Waals surface area contributed by atoms with E-state index in [-0.39, 0.29) is 24.5 Å². The zero-order valence-electron chi connectivity index (χ0n) is 14.8. The lowest BCUT2D eigenvalue weighted by Gasteiger charge is -2.22. The smallest absolute Gasteiger partial charge is 0.306 e. The van der Waals surface area contributed by atoms with Crippen LogP contribution >= 0.6 is 45.8 Å². The maximum Gasteiger partial charge on any atom is 0.329 e. The van der Waals surface area contributed by atoms with Gasteiger partial charge in [0.1, 0.15) is 6.04 Å². The summed E-state index contributed by atoms with van der Waals surface area (Å²) in [4.78, 5) is 38.7. The van der Waals surface area contributed by atoms with Crippen molar-refractivity contribution in [2.45, 2.75) is 31.7 Å². The summed E-state index contributed by atoms with van der Waals surface area (Å²) < 4.78 is 0.848. The number of carbonyl (C=O) groups is 3. The summed E-state index contributed by atoms with van der Waals surface area (Å²) in [5, 5.41) is 3.75. The van der Waals surface area contributed by atoms with Gasteiger partial charge in [-0.15, -0.1) is 0 Å². The standard InChI is InChI=1S/C20H17Cl2IN2O3/c21-13-7-5-12(14(22)11-13)6-9-18(26)17-8-10-19(27)25(17)20(28)24-16-4-2-1-3-15(16)23/h1-5,7,11,17H,6,8-10H2,(H,24,28)/t17-/m0/s1. The molecule has 0 bridgehead atoms. The first kappa shape index (κ1) is 21.1. The monoisotopic (exact) mass is 530 g/mol. The van der Waals surface area contributed by atoms with Gasteiger partial charge in [0, 0.05) is 26.5 Å². The van der Waals surface area contributed by atoms with E-state index < -0.39 is 12.1 Å². The molecule has 1 aliphatic rings. The molecule has 146 valence electrons. The number of hydrogen-bond donors (Lipinski definition) is 1. The van der Waals surface area contributed by atoms with Crippen molar-refractivity contribution in [2.24, 2.45) is 0 Å². The number of ketones is 1. The predicted octanol–water partition coefficient (Wildman–Crippen LogP) is 5.32. The second kappa shape index (κ2) is 9.24. The van der Waals surface area contributed by atoms with E-state index in [1.807, 2.05) is 12.1 Å². The lowest BCUT2D eigenvalue weighted by Crippen LogP contribution is -2.45. The van der Waals surface area contributed by atoms with Crippen molar-refractivity contribution in [1.82, 2.24) is 4.90 Å². The molecule has 2 aromatic carbocycles. The molecule has 0 radical (unpaired) electrons. The Morgan fingerprint density at radius 2 is 1.93 bits per heavy atom. The van der Waals surface area contributed by atoms with Crippen LogP contribution in [0.15, 0.2) is 42.5 Å². The second-order valence-corrected chi connectivity index (χ2v) is 8.44. The molecule has 0 saturated carbocycles. The van der Waals surface area contributed by atoms with Crippen molar-refractivity contribution in [3.8, 4) is 0 Å². The number of urea groups is 1. The highest BCUT2D eigenvalue weighted by molar-refractivity contribution is 14.1. The molecule has 0 unspecified atom stereocenters. The van der Waals surface area contributed by atoms with E-state index in [0.717, 1.165) is 14.0 Å². The third-order valence-corrected chi connectivity index (χ3v) is 6.10. The van der Waals surface area contributed by atoms with Gasteiger partial charge in [-0.25, -0.2) is 4.79 Å². The van der Waals surface area contributed by atoms with Crippen LogP contribution in [-0.2, 0) is 16.0 Å². The summed E-state index contributed by atoms with van der Waals surface area (Å²) in [6.45, 7) is 0. The molecular formula is C20H17Cl2IN2O3. The van der Waals surface area contributed by atoms with Gasteiger partial charge >= 0.3 is 6.03 Å². The van der Waals surface area contributed by atoms with Crippen LogP contribution in [-0.4, -0.2) is 28.7 Å². The largest absolute Gasteiger partial charge is 0.329 e. The quantitative estimate of drug-likeness (QED) is 0.532. The Hall–Kier alpha value is -1.64. The van der Waals surface area contributed by atoms with E-state index in [1.54, 1.807) is 30.3 Å². The van der Waals surface area contributed by atoms with Gasteiger partial charge in [0.15, 0.2) is 5.78 Å². The van der Waals surface area contributed by atoms with Crippen LogP contribution in [0, 0.1) is 3.57 Å². The number of likely N-dealkylation sites (tertiary alicyclic amines) is 1. The van der Waals surface area contributed by atoms with Crippen LogP contribution in [0.5, 0.6) is 0 Å². The number of benzene rings is 2. The molecule has 1 saturated heterocycles. The number of hydrogen-bond acceptors (Lipinski definition) is 3. The predicted molar refractivity (Wildman–Crippen MR) is 118 cm³/mol. The molecule has 3 rings (SSSR count).